The van der Waals surface area contributed by atoms with Crippen LogP contribution in [0.3, 0.4) is 0 Å². The first-order valence-electron chi connectivity index (χ1n) is 15.3. The molecule has 1 aliphatic carbocycles. The van der Waals surface area contributed by atoms with Crippen LogP contribution in [-0.2, 0) is 11.7 Å². The Morgan fingerprint density at radius 2 is 1.48 bits per heavy atom. The van der Waals surface area contributed by atoms with E-state index in [1.54, 1.807) is 18.2 Å². The molecule has 1 heterocycles. The fourth-order valence-corrected chi connectivity index (χ4v) is 6.67. The number of anilines is 1. The number of nitriles is 1. The molecule has 5 aromatic rings. The van der Waals surface area contributed by atoms with Crippen molar-refractivity contribution in [2.75, 3.05) is 11.4 Å². The Labute approximate surface area is 267 Å². The molecular formula is C39H33F3N4. The molecule has 1 aliphatic rings. The summed E-state index contributed by atoms with van der Waals surface area (Å²) in [5, 5.41) is 9.31. The average Bonchev–Trinajstić information content (AvgIpc) is 3.59. The molecule has 0 amide bonds. The van der Waals surface area contributed by atoms with Crippen molar-refractivity contribution in [3.63, 3.8) is 0 Å². The van der Waals surface area contributed by atoms with Gasteiger partial charge in [-0.25, -0.2) is 4.98 Å². The fourth-order valence-electron chi connectivity index (χ4n) is 6.67. The molecule has 6 rings (SSSR count). The molecule has 4 nitrogen and oxygen atoms in total. The van der Waals surface area contributed by atoms with Gasteiger partial charge in [0.15, 0.2) is 0 Å². The second kappa shape index (κ2) is 12.9. The number of hydrogen-bond donors (Lipinski definition) is 0. The van der Waals surface area contributed by atoms with E-state index in [-0.39, 0.29) is 11.6 Å². The van der Waals surface area contributed by atoms with Gasteiger partial charge < -0.3 is 9.47 Å². The number of halogens is 3. The molecular weight excluding hydrogens is 581 g/mol. The average molecular weight is 615 g/mol. The highest BCUT2D eigenvalue weighted by molar-refractivity contribution is 5.66. The lowest BCUT2D eigenvalue weighted by Gasteiger charge is -2.37. The summed E-state index contributed by atoms with van der Waals surface area (Å²) < 4.78 is 43.7. The molecule has 7 heteroatoms. The maximum absolute atomic E-state index is 13.8. The number of benzene rings is 4. The third-order valence-electron chi connectivity index (χ3n) is 8.75. The predicted molar refractivity (Wildman–Crippen MR) is 176 cm³/mol. The topological polar surface area (TPSA) is 44.9 Å². The molecule has 4 aromatic carbocycles. The van der Waals surface area contributed by atoms with Crippen LogP contribution in [0.2, 0.25) is 0 Å². The second-order valence-corrected chi connectivity index (χ2v) is 11.4. The van der Waals surface area contributed by atoms with Gasteiger partial charge in [0.1, 0.15) is 5.54 Å². The van der Waals surface area contributed by atoms with Crippen molar-refractivity contribution < 1.29 is 13.2 Å². The Kier molecular flexibility index (Phi) is 8.63. The summed E-state index contributed by atoms with van der Waals surface area (Å²) in [6.07, 6.45) is 5.34. The molecule has 0 radical (unpaired) electrons. The number of aromatic nitrogens is 2. The van der Waals surface area contributed by atoms with Crippen molar-refractivity contribution in [1.29, 1.82) is 5.26 Å². The third kappa shape index (κ3) is 5.75. The summed E-state index contributed by atoms with van der Waals surface area (Å²) in [4.78, 5) is 6.89. The minimum absolute atomic E-state index is 0.0840. The largest absolute Gasteiger partial charge is 0.417 e. The van der Waals surface area contributed by atoms with Crippen LogP contribution in [-0.4, -0.2) is 22.1 Å². The zero-order valence-corrected chi connectivity index (χ0v) is 25.2. The summed E-state index contributed by atoms with van der Waals surface area (Å²) in [6, 6.07) is 36.6. The van der Waals surface area contributed by atoms with Crippen molar-refractivity contribution >= 4 is 11.3 Å². The van der Waals surface area contributed by atoms with E-state index in [1.807, 2.05) is 65.8 Å². The summed E-state index contributed by atoms with van der Waals surface area (Å²) in [5.74, 6) is 0. The Balaban J connectivity index is 1.40. The molecule has 1 atom stereocenters. The molecule has 0 bridgehead atoms. The SMILES string of the molecule is C=CCN(c1ccc(C#N)c(C(F)(F)F)c1)C1CCC=C(c2cn(C(c3ccccc3)(c3ccccc3)c3ccccc3)cn2)C1. The van der Waals surface area contributed by atoms with E-state index >= 15 is 0 Å². The number of rotatable bonds is 9. The number of imidazole rings is 1. The van der Waals surface area contributed by atoms with Crippen LogP contribution in [0.15, 0.2) is 140 Å². The molecule has 0 N–H and O–H groups in total. The van der Waals surface area contributed by atoms with Gasteiger partial charge in [-0.15, -0.1) is 6.58 Å². The number of allylic oxidation sites excluding steroid dienone is 1. The van der Waals surface area contributed by atoms with Crippen LogP contribution < -0.4 is 4.90 Å². The summed E-state index contributed by atoms with van der Waals surface area (Å²) in [5.41, 5.74) is 3.53. The highest BCUT2D eigenvalue weighted by atomic mass is 19.4. The van der Waals surface area contributed by atoms with E-state index in [0.717, 1.165) is 46.9 Å². The Morgan fingerprint density at radius 1 is 0.891 bits per heavy atom. The van der Waals surface area contributed by atoms with Crippen molar-refractivity contribution in [2.45, 2.75) is 37.0 Å². The first-order valence-corrected chi connectivity index (χ1v) is 15.3. The smallest absolute Gasteiger partial charge is 0.364 e. The predicted octanol–water partition coefficient (Wildman–Crippen LogP) is 9.24. The molecule has 0 fully saturated rings. The maximum atomic E-state index is 13.8. The van der Waals surface area contributed by atoms with Crippen LogP contribution in [0.25, 0.3) is 5.57 Å². The number of alkyl halides is 3. The van der Waals surface area contributed by atoms with Crippen LogP contribution in [0.1, 0.15) is 52.8 Å². The molecule has 46 heavy (non-hydrogen) atoms. The molecule has 0 saturated carbocycles. The van der Waals surface area contributed by atoms with Gasteiger partial charge in [-0.3, -0.25) is 0 Å². The van der Waals surface area contributed by atoms with Crippen LogP contribution in [0.5, 0.6) is 0 Å². The van der Waals surface area contributed by atoms with Crippen LogP contribution in [0, 0.1) is 11.3 Å². The monoisotopic (exact) mass is 614 g/mol. The van der Waals surface area contributed by atoms with Crippen LogP contribution in [0.4, 0.5) is 18.9 Å². The Hall–Kier alpha value is -5.35. The van der Waals surface area contributed by atoms with Gasteiger partial charge in [0, 0.05) is 24.5 Å². The quantitative estimate of drug-likeness (QED) is 0.123. The number of hydrogen-bond acceptors (Lipinski definition) is 3. The summed E-state index contributed by atoms with van der Waals surface area (Å²) in [7, 11) is 0. The molecule has 1 aromatic heterocycles. The lowest BCUT2D eigenvalue weighted by Crippen LogP contribution is -2.37. The van der Waals surface area contributed by atoms with E-state index in [4.69, 9.17) is 4.98 Å². The van der Waals surface area contributed by atoms with E-state index in [0.29, 0.717) is 18.7 Å². The van der Waals surface area contributed by atoms with Gasteiger partial charge in [0.05, 0.1) is 29.2 Å². The van der Waals surface area contributed by atoms with Gasteiger partial charge >= 0.3 is 6.18 Å². The minimum atomic E-state index is -4.63. The normalized spacial score (nSPS) is 15.1. The summed E-state index contributed by atoms with van der Waals surface area (Å²) >= 11 is 0. The fraction of sp³-hybridized carbons (Fsp3) is 0.179. The molecule has 0 aliphatic heterocycles. The Morgan fingerprint density at radius 3 is 2.00 bits per heavy atom. The third-order valence-corrected chi connectivity index (χ3v) is 8.75. The van der Waals surface area contributed by atoms with Gasteiger partial charge in [0.25, 0.3) is 0 Å². The van der Waals surface area contributed by atoms with E-state index in [1.165, 1.54) is 6.07 Å². The Bertz CT molecular complexity index is 1770. The zero-order valence-electron chi connectivity index (χ0n) is 25.2. The van der Waals surface area contributed by atoms with E-state index in [2.05, 4.69) is 59.8 Å². The highest BCUT2D eigenvalue weighted by Gasteiger charge is 2.39. The van der Waals surface area contributed by atoms with Crippen LogP contribution >= 0.6 is 0 Å². The van der Waals surface area contributed by atoms with Gasteiger partial charge in [-0.1, -0.05) is 103 Å². The lowest BCUT2D eigenvalue weighted by atomic mass is 9.76. The maximum Gasteiger partial charge on any atom is 0.417 e. The standard InChI is InChI=1S/C39H33F3N4/c1-2-23-46(35-22-21-30(26-43)36(25-35)39(40,41)42)34-20-12-13-29(24-34)37-27-45(28-44-37)38(31-14-6-3-7-15-31,32-16-8-4-9-17-32)33-18-10-5-11-19-33/h2-11,13-19,21-22,25,27-28,34H,1,12,20,23-24H2. The van der Waals surface area contributed by atoms with E-state index < -0.39 is 17.3 Å². The number of nitrogens with zero attached hydrogens (tertiary/aromatic N) is 4. The summed E-state index contributed by atoms with van der Waals surface area (Å²) in [6.45, 7) is 4.24. The molecule has 0 saturated heterocycles. The van der Waals surface area contributed by atoms with Crippen molar-refractivity contribution in [1.82, 2.24) is 9.55 Å². The van der Waals surface area contributed by atoms with Gasteiger partial charge in [-0.05, 0) is 59.7 Å². The second-order valence-electron chi connectivity index (χ2n) is 11.4. The molecule has 1 unspecified atom stereocenters. The lowest BCUT2D eigenvalue weighted by molar-refractivity contribution is -0.137. The van der Waals surface area contributed by atoms with Gasteiger partial charge in [-0.2, -0.15) is 18.4 Å². The molecule has 230 valence electrons. The van der Waals surface area contributed by atoms with Crippen molar-refractivity contribution in [3.8, 4) is 6.07 Å². The van der Waals surface area contributed by atoms with E-state index in [9.17, 15) is 18.4 Å². The minimum Gasteiger partial charge on any atom is -0.364 e. The van der Waals surface area contributed by atoms with Crippen molar-refractivity contribution in [2.24, 2.45) is 0 Å². The highest BCUT2D eigenvalue weighted by Crippen LogP contribution is 2.42. The first-order chi connectivity index (χ1) is 22.4. The first kappa shape index (κ1) is 30.7. The van der Waals surface area contributed by atoms with Crippen molar-refractivity contribution in [3.05, 3.63) is 174 Å². The molecule has 0 spiro atoms. The zero-order chi connectivity index (χ0) is 32.1. The van der Waals surface area contributed by atoms with Gasteiger partial charge in [0.2, 0.25) is 0 Å².